The Labute approximate surface area is 315 Å². The smallest absolute Gasteiger partial charge is 0.260 e. The molecular weight excluding hydrogens is 659 g/mol. The van der Waals surface area contributed by atoms with E-state index in [2.05, 4.69) is 173 Å². The Morgan fingerprint density at radius 2 is 1.15 bits per heavy atom. The third-order valence-corrected chi connectivity index (χ3v) is 11.8. The number of pyridine rings is 1. The van der Waals surface area contributed by atoms with Crippen LogP contribution in [-0.2, 0) is 10.8 Å². The average Bonchev–Trinajstić information content (AvgIpc) is 3.56. The SMILES string of the molecule is CC(C)(C)c1ccc2c(c1)B1c3cc(C(C)(C)C)ccc3Oc3c1c(cc1cc(-c4ccc5c6ccccc6c6nc7ccccc7n6c5c4)ccc31)O2. The second-order valence-electron chi connectivity index (χ2n) is 17.2. The fraction of sp³-hybridized carbons (Fsp3) is 0.163. The zero-order chi connectivity index (χ0) is 36.7. The molecule has 0 spiro atoms. The molecule has 0 amide bonds. The van der Waals surface area contributed by atoms with Crippen LogP contribution in [0.3, 0.4) is 0 Å². The van der Waals surface area contributed by atoms with Gasteiger partial charge in [-0.05, 0) is 97.2 Å². The van der Waals surface area contributed by atoms with Crippen LogP contribution in [0.5, 0.6) is 23.0 Å². The lowest BCUT2D eigenvalue weighted by molar-refractivity contribution is 0.467. The Hall–Kier alpha value is -6.07. The van der Waals surface area contributed by atoms with E-state index in [0.29, 0.717) is 0 Å². The van der Waals surface area contributed by atoms with Crippen LogP contribution in [0.2, 0.25) is 0 Å². The van der Waals surface area contributed by atoms with Crippen molar-refractivity contribution in [1.82, 2.24) is 9.38 Å². The zero-order valence-corrected chi connectivity index (χ0v) is 31.4. The highest BCUT2D eigenvalue weighted by molar-refractivity contribution is 6.98. The lowest BCUT2D eigenvalue weighted by atomic mass is 9.34. The van der Waals surface area contributed by atoms with E-state index in [1.165, 1.54) is 32.8 Å². The van der Waals surface area contributed by atoms with Crippen LogP contribution in [0.25, 0.3) is 60.3 Å². The Morgan fingerprint density at radius 3 is 1.87 bits per heavy atom. The molecule has 2 aromatic heterocycles. The normalized spacial score (nSPS) is 13.6. The summed E-state index contributed by atoms with van der Waals surface area (Å²) in [6.07, 6.45) is 0. The first-order valence-corrected chi connectivity index (χ1v) is 19.0. The number of hydrogen-bond donors (Lipinski definition) is 0. The summed E-state index contributed by atoms with van der Waals surface area (Å²) in [4.78, 5) is 5.11. The number of aromatic nitrogens is 2. The first-order valence-electron chi connectivity index (χ1n) is 19.0. The van der Waals surface area contributed by atoms with Gasteiger partial charge in [-0.1, -0.05) is 126 Å². The molecule has 0 bridgehead atoms. The first kappa shape index (κ1) is 31.5. The number of hydrogen-bond acceptors (Lipinski definition) is 3. The third kappa shape index (κ3) is 4.48. The predicted molar refractivity (Wildman–Crippen MR) is 226 cm³/mol. The molecule has 0 saturated carbocycles. The van der Waals surface area contributed by atoms with Crippen molar-refractivity contribution in [3.05, 3.63) is 139 Å². The Bertz CT molecular complexity index is 3060. The largest absolute Gasteiger partial charge is 0.458 e. The Morgan fingerprint density at radius 1 is 0.519 bits per heavy atom. The zero-order valence-electron chi connectivity index (χ0n) is 31.4. The molecule has 11 rings (SSSR count). The molecule has 7 aromatic carbocycles. The molecule has 5 heteroatoms. The van der Waals surface area contributed by atoms with E-state index >= 15 is 0 Å². The predicted octanol–water partition coefficient (Wildman–Crippen LogP) is 10.9. The fourth-order valence-corrected chi connectivity index (χ4v) is 8.87. The summed E-state index contributed by atoms with van der Waals surface area (Å²) in [5.41, 5.74) is 12.6. The molecule has 0 saturated heterocycles. The summed E-state index contributed by atoms with van der Waals surface area (Å²) >= 11 is 0. The van der Waals surface area contributed by atoms with Gasteiger partial charge in [0.1, 0.15) is 28.6 Å². The van der Waals surface area contributed by atoms with Gasteiger partial charge in [-0.15, -0.1) is 0 Å². The fourth-order valence-electron chi connectivity index (χ4n) is 8.87. The lowest BCUT2D eigenvalue weighted by Gasteiger charge is -2.35. The van der Waals surface area contributed by atoms with E-state index in [1.807, 2.05) is 0 Å². The van der Waals surface area contributed by atoms with Crippen LogP contribution in [-0.4, -0.2) is 16.1 Å². The van der Waals surface area contributed by atoms with Gasteiger partial charge in [-0.25, -0.2) is 4.98 Å². The van der Waals surface area contributed by atoms with E-state index in [0.717, 1.165) is 77.9 Å². The molecule has 260 valence electrons. The minimum absolute atomic E-state index is 0.00102. The maximum absolute atomic E-state index is 6.95. The van der Waals surface area contributed by atoms with Gasteiger partial charge in [0, 0.05) is 21.6 Å². The van der Waals surface area contributed by atoms with Gasteiger partial charge in [0.15, 0.2) is 0 Å². The van der Waals surface area contributed by atoms with E-state index < -0.39 is 0 Å². The number of rotatable bonds is 1. The molecule has 0 fully saturated rings. The molecule has 2 aliphatic rings. The minimum Gasteiger partial charge on any atom is -0.458 e. The average molecular weight is 699 g/mol. The number of benzene rings is 7. The lowest BCUT2D eigenvalue weighted by Crippen LogP contribution is -2.57. The number of fused-ring (bicyclic) bond motifs is 14. The summed E-state index contributed by atoms with van der Waals surface area (Å²) in [5.74, 6) is 3.57. The van der Waals surface area contributed by atoms with Gasteiger partial charge in [-0.3, -0.25) is 4.40 Å². The van der Waals surface area contributed by atoms with E-state index in [-0.39, 0.29) is 17.5 Å². The Balaban J connectivity index is 1.12. The number of para-hydroxylation sites is 2. The maximum Gasteiger partial charge on any atom is 0.260 e. The van der Waals surface area contributed by atoms with E-state index in [4.69, 9.17) is 14.5 Å². The van der Waals surface area contributed by atoms with Crippen molar-refractivity contribution in [2.24, 2.45) is 0 Å². The summed E-state index contributed by atoms with van der Waals surface area (Å²) in [6, 6.07) is 46.4. The highest BCUT2D eigenvalue weighted by Crippen LogP contribution is 2.43. The number of imidazole rings is 1. The summed E-state index contributed by atoms with van der Waals surface area (Å²) in [7, 11) is 0. The van der Waals surface area contributed by atoms with Crippen molar-refractivity contribution in [2.75, 3.05) is 0 Å². The first-order chi connectivity index (χ1) is 26.0. The maximum atomic E-state index is 6.95. The second-order valence-corrected chi connectivity index (χ2v) is 17.2. The number of nitrogens with zero attached hydrogens (tertiary/aromatic N) is 2. The molecule has 4 nitrogen and oxygen atoms in total. The molecule has 9 aromatic rings. The minimum atomic E-state index is -0.00102. The van der Waals surface area contributed by atoms with Crippen molar-refractivity contribution in [3.8, 4) is 34.1 Å². The van der Waals surface area contributed by atoms with Crippen molar-refractivity contribution in [2.45, 2.75) is 52.4 Å². The highest BCUT2D eigenvalue weighted by Gasteiger charge is 2.42. The molecule has 0 unspecified atom stereocenters. The summed E-state index contributed by atoms with van der Waals surface area (Å²) < 4.78 is 16.1. The molecule has 4 heterocycles. The molecule has 0 aliphatic carbocycles. The second kappa shape index (κ2) is 10.8. The van der Waals surface area contributed by atoms with Crippen molar-refractivity contribution < 1.29 is 9.47 Å². The Kier molecular flexibility index (Phi) is 6.27. The van der Waals surface area contributed by atoms with Gasteiger partial charge in [0.2, 0.25) is 0 Å². The van der Waals surface area contributed by atoms with Crippen LogP contribution in [0.1, 0.15) is 52.7 Å². The highest BCUT2D eigenvalue weighted by atomic mass is 16.5. The molecular formula is C49H39BN2O2. The van der Waals surface area contributed by atoms with Crippen LogP contribution in [0, 0.1) is 0 Å². The van der Waals surface area contributed by atoms with Crippen molar-refractivity contribution in [3.63, 3.8) is 0 Å². The topological polar surface area (TPSA) is 35.8 Å². The van der Waals surface area contributed by atoms with Crippen molar-refractivity contribution >= 4 is 72.2 Å². The number of ether oxygens (including phenoxy) is 2. The van der Waals surface area contributed by atoms with Gasteiger partial charge in [-0.2, -0.15) is 0 Å². The quantitative estimate of drug-likeness (QED) is 0.126. The van der Waals surface area contributed by atoms with E-state index in [9.17, 15) is 0 Å². The monoisotopic (exact) mass is 698 g/mol. The third-order valence-electron chi connectivity index (χ3n) is 11.8. The molecule has 54 heavy (non-hydrogen) atoms. The van der Waals surface area contributed by atoms with Gasteiger partial charge in [0.05, 0.1) is 16.6 Å². The molecule has 2 aliphatic heterocycles. The van der Waals surface area contributed by atoms with Gasteiger partial charge in [0.25, 0.3) is 6.71 Å². The van der Waals surface area contributed by atoms with Crippen molar-refractivity contribution in [1.29, 1.82) is 0 Å². The molecule has 0 N–H and O–H groups in total. The molecule has 0 atom stereocenters. The van der Waals surface area contributed by atoms with Gasteiger partial charge < -0.3 is 9.47 Å². The molecule has 0 radical (unpaired) electrons. The summed E-state index contributed by atoms with van der Waals surface area (Å²) in [6.45, 7) is 13.6. The van der Waals surface area contributed by atoms with Crippen LogP contribution >= 0.6 is 0 Å². The van der Waals surface area contributed by atoms with E-state index in [1.54, 1.807) is 0 Å². The standard InChI is InChI=1S/C49H39BN2O2/c1-48(2,3)31-17-21-42-37(26-31)50-38-27-32(49(4,5)6)18-22-43(38)54-46-33-19-15-28(23-30(33)25-44(53-42)45(46)50)29-16-20-35-34-11-7-8-12-36(34)47-51-39-13-9-10-14-40(39)52(47)41(35)24-29/h7-27H,1-6H3. The van der Waals surface area contributed by atoms with Crippen LogP contribution in [0.15, 0.2) is 127 Å². The van der Waals surface area contributed by atoms with Crippen LogP contribution < -0.4 is 25.9 Å². The van der Waals surface area contributed by atoms with Gasteiger partial charge >= 0.3 is 0 Å². The summed E-state index contributed by atoms with van der Waals surface area (Å²) in [5, 5.41) is 5.74. The van der Waals surface area contributed by atoms with Crippen LogP contribution in [0.4, 0.5) is 0 Å².